The molecule has 0 spiro atoms. The summed E-state index contributed by atoms with van der Waals surface area (Å²) in [6, 6.07) is 10.5. The molecule has 1 aliphatic heterocycles. The van der Waals surface area contributed by atoms with Crippen LogP contribution in [0.4, 0.5) is 0 Å². The summed E-state index contributed by atoms with van der Waals surface area (Å²) in [6.45, 7) is 8.99. The van der Waals surface area contributed by atoms with Crippen LogP contribution in [-0.4, -0.2) is 42.1 Å². The lowest BCUT2D eigenvalue weighted by atomic mass is 9.96. The summed E-state index contributed by atoms with van der Waals surface area (Å²) in [7, 11) is 2.00. The molecule has 134 valence electrons. The predicted molar refractivity (Wildman–Crippen MR) is 103 cm³/mol. The third kappa shape index (κ3) is 3.64. The van der Waals surface area contributed by atoms with E-state index in [1.54, 1.807) is 0 Å². The maximum Gasteiger partial charge on any atom is 0.255 e. The summed E-state index contributed by atoms with van der Waals surface area (Å²) < 4.78 is 2.19. The fraction of sp³-hybridized carbons (Fsp3) is 0.476. The molecule has 0 bridgehead atoms. The summed E-state index contributed by atoms with van der Waals surface area (Å²) >= 11 is 0. The highest BCUT2D eigenvalue weighted by Crippen LogP contribution is 2.25. The highest BCUT2D eigenvalue weighted by molar-refractivity contribution is 5.96. The molecule has 0 unspecified atom stereocenters. The number of hydrogen-bond donors (Lipinski definition) is 1. The summed E-state index contributed by atoms with van der Waals surface area (Å²) in [5, 5.41) is 3.25. The van der Waals surface area contributed by atoms with Gasteiger partial charge in [-0.2, -0.15) is 0 Å². The van der Waals surface area contributed by atoms with Crippen LogP contribution < -0.4 is 5.32 Å². The molecule has 1 amide bonds. The van der Waals surface area contributed by atoms with Crippen molar-refractivity contribution in [3.8, 4) is 5.69 Å². The van der Waals surface area contributed by atoms with Crippen LogP contribution in [-0.2, 0) is 0 Å². The SMILES string of the molecule is CNCC1CCN(C(=O)c2cc(C)n(-c3cccc(C)c3)c2C)CC1. The molecule has 1 N–H and O–H groups in total. The fourth-order valence-electron chi connectivity index (χ4n) is 3.94. The number of piperidine rings is 1. The number of nitrogens with one attached hydrogen (secondary N) is 1. The third-order valence-corrected chi connectivity index (χ3v) is 5.32. The summed E-state index contributed by atoms with van der Waals surface area (Å²) in [4.78, 5) is 15.1. The van der Waals surface area contributed by atoms with E-state index in [4.69, 9.17) is 0 Å². The zero-order chi connectivity index (χ0) is 18.0. The van der Waals surface area contributed by atoms with Crippen LogP contribution in [0.1, 0.15) is 40.2 Å². The molecule has 1 aliphatic rings. The number of aryl methyl sites for hydroxylation is 2. The molecule has 3 rings (SSSR count). The van der Waals surface area contributed by atoms with Crippen molar-refractivity contribution < 1.29 is 4.79 Å². The van der Waals surface area contributed by atoms with Gasteiger partial charge >= 0.3 is 0 Å². The Kier molecular flexibility index (Phi) is 5.28. The quantitative estimate of drug-likeness (QED) is 0.926. The molecule has 0 aliphatic carbocycles. The van der Waals surface area contributed by atoms with Gasteiger partial charge < -0.3 is 14.8 Å². The van der Waals surface area contributed by atoms with E-state index in [1.165, 1.54) is 5.56 Å². The number of carbonyl (C=O) groups is 1. The molecule has 1 fully saturated rings. The Morgan fingerprint density at radius 1 is 1.16 bits per heavy atom. The number of likely N-dealkylation sites (tertiary alicyclic amines) is 1. The number of aromatic nitrogens is 1. The van der Waals surface area contributed by atoms with E-state index < -0.39 is 0 Å². The predicted octanol–water partition coefficient (Wildman–Crippen LogP) is 3.47. The number of carbonyl (C=O) groups excluding carboxylic acids is 1. The first kappa shape index (κ1) is 17.7. The molecule has 25 heavy (non-hydrogen) atoms. The first-order chi connectivity index (χ1) is 12.0. The van der Waals surface area contributed by atoms with Gasteiger partial charge in [0.25, 0.3) is 5.91 Å². The van der Waals surface area contributed by atoms with E-state index in [1.807, 2.05) is 18.0 Å². The smallest absolute Gasteiger partial charge is 0.255 e. The van der Waals surface area contributed by atoms with Crippen LogP contribution in [0.5, 0.6) is 0 Å². The zero-order valence-corrected chi connectivity index (χ0v) is 15.8. The van der Waals surface area contributed by atoms with Crippen LogP contribution in [0.15, 0.2) is 30.3 Å². The van der Waals surface area contributed by atoms with E-state index in [0.29, 0.717) is 5.92 Å². The van der Waals surface area contributed by atoms with Crippen molar-refractivity contribution >= 4 is 5.91 Å². The van der Waals surface area contributed by atoms with E-state index in [0.717, 1.165) is 55.1 Å². The average Bonchev–Trinajstić information content (AvgIpc) is 2.90. The van der Waals surface area contributed by atoms with Gasteiger partial charge in [-0.15, -0.1) is 0 Å². The second-order valence-electron chi connectivity index (χ2n) is 7.25. The van der Waals surface area contributed by atoms with Gasteiger partial charge in [-0.05, 0) is 76.9 Å². The Labute approximate surface area is 150 Å². The van der Waals surface area contributed by atoms with Crippen molar-refractivity contribution in [2.24, 2.45) is 5.92 Å². The van der Waals surface area contributed by atoms with Crippen molar-refractivity contribution in [2.45, 2.75) is 33.6 Å². The average molecular weight is 339 g/mol. The first-order valence-corrected chi connectivity index (χ1v) is 9.21. The Morgan fingerprint density at radius 2 is 1.88 bits per heavy atom. The molecule has 4 heteroatoms. The Hall–Kier alpha value is -2.07. The van der Waals surface area contributed by atoms with Gasteiger partial charge in [0.15, 0.2) is 0 Å². The van der Waals surface area contributed by atoms with Crippen LogP contribution in [0.25, 0.3) is 5.69 Å². The van der Waals surface area contributed by atoms with Crippen molar-refractivity contribution in [1.82, 2.24) is 14.8 Å². The lowest BCUT2D eigenvalue weighted by molar-refractivity contribution is 0.0690. The molecule has 2 aromatic rings. The minimum absolute atomic E-state index is 0.176. The molecule has 0 radical (unpaired) electrons. The van der Waals surface area contributed by atoms with Gasteiger partial charge in [-0.25, -0.2) is 0 Å². The van der Waals surface area contributed by atoms with E-state index in [-0.39, 0.29) is 5.91 Å². The van der Waals surface area contributed by atoms with Gasteiger partial charge in [0, 0.05) is 30.2 Å². The number of benzene rings is 1. The van der Waals surface area contributed by atoms with Gasteiger partial charge in [-0.3, -0.25) is 4.79 Å². The molecule has 0 atom stereocenters. The van der Waals surface area contributed by atoms with Gasteiger partial charge in [0.1, 0.15) is 0 Å². The number of nitrogens with zero attached hydrogens (tertiary/aromatic N) is 2. The Bertz CT molecular complexity index is 754. The molecule has 4 nitrogen and oxygen atoms in total. The molecule has 1 aromatic carbocycles. The van der Waals surface area contributed by atoms with Gasteiger partial charge in [0.05, 0.1) is 5.56 Å². The molecular formula is C21H29N3O. The Balaban J connectivity index is 1.82. The second kappa shape index (κ2) is 7.44. The zero-order valence-electron chi connectivity index (χ0n) is 15.8. The summed E-state index contributed by atoms with van der Waals surface area (Å²) in [5.41, 5.74) is 5.33. The number of amides is 1. The third-order valence-electron chi connectivity index (χ3n) is 5.32. The maximum absolute atomic E-state index is 13.0. The van der Waals surface area contributed by atoms with Crippen molar-refractivity contribution in [1.29, 1.82) is 0 Å². The van der Waals surface area contributed by atoms with Crippen LogP contribution in [0.3, 0.4) is 0 Å². The standard InChI is InChI=1S/C21H29N3O/c1-15-6-5-7-19(12-15)24-16(2)13-20(17(24)3)21(25)23-10-8-18(9-11-23)14-22-4/h5-7,12-13,18,22H,8-11,14H2,1-4H3. The van der Waals surface area contributed by atoms with E-state index in [2.05, 4.69) is 54.9 Å². The topological polar surface area (TPSA) is 37.3 Å². The van der Waals surface area contributed by atoms with Crippen molar-refractivity contribution in [3.63, 3.8) is 0 Å². The molecular weight excluding hydrogens is 310 g/mol. The summed E-state index contributed by atoms with van der Waals surface area (Å²) in [5.74, 6) is 0.865. The highest BCUT2D eigenvalue weighted by Gasteiger charge is 2.26. The van der Waals surface area contributed by atoms with E-state index in [9.17, 15) is 4.79 Å². The lowest BCUT2D eigenvalue weighted by Gasteiger charge is -2.32. The second-order valence-corrected chi connectivity index (χ2v) is 7.25. The monoisotopic (exact) mass is 339 g/mol. The maximum atomic E-state index is 13.0. The normalized spacial score (nSPS) is 15.6. The highest BCUT2D eigenvalue weighted by atomic mass is 16.2. The van der Waals surface area contributed by atoms with Gasteiger partial charge in [-0.1, -0.05) is 12.1 Å². The van der Waals surface area contributed by atoms with Crippen LogP contribution in [0.2, 0.25) is 0 Å². The van der Waals surface area contributed by atoms with Gasteiger partial charge in [0.2, 0.25) is 0 Å². The number of hydrogen-bond acceptors (Lipinski definition) is 2. The molecule has 1 aromatic heterocycles. The molecule has 0 saturated carbocycles. The largest absolute Gasteiger partial charge is 0.339 e. The molecule has 2 heterocycles. The van der Waals surface area contributed by atoms with E-state index >= 15 is 0 Å². The minimum Gasteiger partial charge on any atom is -0.339 e. The minimum atomic E-state index is 0.176. The summed E-state index contributed by atoms with van der Waals surface area (Å²) in [6.07, 6.45) is 2.17. The van der Waals surface area contributed by atoms with Crippen molar-refractivity contribution in [3.05, 3.63) is 52.8 Å². The fourth-order valence-corrected chi connectivity index (χ4v) is 3.94. The Morgan fingerprint density at radius 3 is 2.52 bits per heavy atom. The van der Waals surface area contributed by atoms with Crippen LogP contribution in [0, 0.1) is 26.7 Å². The molecule has 1 saturated heterocycles. The number of rotatable bonds is 4. The lowest BCUT2D eigenvalue weighted by Crippen LogP contribution is -2.40. The van der Waals surface area contributed by atoms with Crippen molar-refractivity contribution in [2.75, 3.05) is 26.7 Å². The first-order valence-electron chi connectivity index (χ1n) is 9.21. The van der Waals surface area contributed by atoms with Crippen LogP contribution >= 0.6 is 0 Å².